The van der Waals surface area contributed by atoms with Gasteiger partial charge in [0.15, 0.2) is 0 Å². The summed E-state index contributed by atoms with van der Waals surface area (Å²) in [5.74, 6) is 1.45. The molecule has 7 nitrogen and oxygen atoms in total. The molecule has 0 amide bonds. The molecule has 0 saturated carbocycles. The number of aromatic nitrogens is 2. The standard InChI is InChI=1S/C14H24N4O3/c1-3-15-11-9-19-8-10(11)14-16-13(17-21-14)12-7-18(4-2)5-6-20-12/h10-12,15H,3-9H2,1-2H3. The molecule has 2 aliphatic rings. The van der Waals surface area contributed by atoms with Gasteiger partial charge in [-0.25, -0.2) is 0 Å². The van der Waals surface area contributed by atoms with E-state index in [1.807, 2.05) is 0 Å². The van der Waals surface area contributed by atoms with E-state index in [-0.39, 0.29) is 18.1 Å². The predicted molar refractivity (Wildman–Crippen MR) is 76.1 cm³/mol. The molecule has 3 unspecified atom stereocenters. The van der Waals surface area contributed by atoms with Crippen LogP contribution in [0.5, 0.6) is 0 Å². The van der Waals surface area contributed by atoms with Gasteiger partial charge in [0.05, 0.1) is 25.7 Å². The second kappa shape index (κ2) is 6.83. The number of nitrogens with zero attached hydrogens (tertiary/aromatic N) is 3. The Balaban J connectivity index is 1.68. The van der Waals surface area contributed by atoms with Crippen molar-refractivity contribution in [1.29, 1.82) is 0 Å². The second-order valence-corrected chi connectivity index (χ2v) is 5.55. The van der Waals surface area contributed by atoms with Crippen LogP contribution in [0.4, 0.5) is 0 Å². The van der Waals surface area contributed by atoms with Gasteiger partial charge in [0.25, 0.3) is 0 Å². The quantitative estimate of drug-likeness (QED) is 0.851. The van der Waals surface area contributed by atoms with Gasteiger partial charge in [0, 0.05) is 19.1 Å². The summed E-state index contributed by atoms with van der Waals surface area (Å²) in [6, 6.07) is 0.253. The summed E-state index contributed by atoms with van der Waals surface area (Å²) in [6.07, 6.45) is -0.0869. The molecular weight excluding hydrogens is 272 g/mol. The minimum Gasteiger partial charge on any atom is -0.379 e. The summed E-state index contributed by atoms with van der Waals surface area (Å²) in [4.78, 5) is 6.91. The van der Waals surface area contributed by atoms with E-state index in [4.69, 9.17) is 14.0 Å². The molecule has 21 heavy (non-hydrogen) atoms. The lowest BCUT2D eigenvalue weighted by Gasteiger charge is -2.30. The average Bonchev–Trinajstić information content (AvgIpc) is 3.16. The fourth-order valence-corrected chi connectivity index (χ4v) is 2.94. The van der Waals surface area contributed by atoms with Crippen LogP contribution in [0.15, 0.2) is 4.52 Å². The molecule has 1 aromatic heterocycles. The van der Waals surface area contributed by atoms with Crippen LogP contribution in [0.25, 0.3) is 0 Å². The summed E-state index contributed by atoms with van der Waals surface area (Å²) < 4.78 is 16.8. The minimum atomic E-state index is -0.0869. The Kier molecular flexibility index (Phi) is 4.84. The first-order valence-corrected chi connectivity index (χ1v) is 7.80. The molecule has 0 aliphatic carbocycles. The van der Waals surface area contributed by atoms with Gasteiger partial charge in [-0.05, 0) is 13.1 Å². The number of morpholine rings is 1. The highest BCUT2D eigenvalue weighted by Crippen LogP contribution is 2.27. The summed E-state index contributed by atoms with van der Waals surface area (Å²) >= 11 is 0. The van der Waals surface area contributed by atoms with Crippen molar-refractivity contribution in [3.8, 4) is 0 Å². The number of hydrogen-bond acceptors (Lipinski definition) is 7. The Bertz CT molecular complexity index is 453. The Morgan fingerprint density at radius 2 is 2.24 bits per heavy atom. The second-order valence-electron chi connectivity index (χ2n) is 5.55. The van der Waals surface area contributed by atoms with Crippen molar-refractivity contribution >= 4 is 0 Å². The SMILES string of the molecule is CCNC1COCC1c1nc(C2CN(CC)CCO2)no1. The molecule has 2 aliphatic heterocycles. The van der Waals surface area contributed by atoms with Crippen molar-refractivity contribution in [3.05, 3.63) is 11.7 Å². The highest BCUT2D eigenvalue weighted by Gasteiger charge is 2.34. The molecule has 2 saturated heterocycles. The fourth-order valence-electron chi connectivity index (χ4n) is 2.94. The van der Waals surface area contributed by atoms with Crippen LogP contribution >= 0.6 is 0 Å². The summed E-state index contributed by atoms with van der Waals surface area (Å²) in [6.45, 7) is 10.0. The Hall–Kier alpha value is -1.02. The summed E-state index contributed by atoms with van der Waals surface area (Å²) in [5.41, 5.74) is 0. The van der Waals surface area contributed by atoms with E-state index < -0.39 is 0 Å². The van der Waals surface area contributed by atoms with Gasteiger partial charge < -0.3 is 19.3 Å². The van der Waals surface area contributed by atoms with Gasteiger partial charge in [-0.3, -0.25) is 4.90 Å². The number of likely N-dealkylation sites (N-methyl/N-ethyl adjacent to an activating group) is 2. The average molecular weight is 296 g/mol. The largest absolute Gasteiger partial charge is 0.379 e. The molecule has 0 spiro atoms. The van der Waals surface area contributed by atoms with Crippen LogP contribution in [0.2, 0.25) is 0 Å². The number of rotatable bonds is 5. The monoisotopic (exact) mass is 296 g/mol. The highest BCUT2D eigenvalue weighted by atomic mass is 16.5. The molecule has 3 rings (SSSR count). The van der Waals surface area contributed by atoms with Crippen LogP contribution < -0.4 is 5.32 Å². The Morgan fingerprint density at radius 1 is 1.33 bits per heavy atom. The van der Waals surface area contributed by atoms with Crippen molar-refractivity contribution in [2.24, 2.45) is 0 Å². The van der Waals surface area contributed by atoms with Crippen LogP contribution in [0.3, 0.4) is 0 Å². The maximum absolute atomic E-state index is 5.77. The molecule has 7 heteroatoms. The molecule has 0 bridgehead atoms. The molecule has 0 aromatic carbocycles. The van der Waals surface area contributed by atoms with E-state index in [0.29, 0.717) is 24.9 Å². The molecular formula is C14H24N4O3. The van der Waals surface area contributed by atoms with E-state index >= 15 is 0 Å². The van der Waals surface area contributed by atoms with Gasteiger partial charge in [-0.2, -0.15) is 4.98 Å². The Labute approximate surface area is 125 Å². The number of hydrogen-bond donors (Lipinski definition) is 1. The zero-order chi connectivity index (χ0) is 14.7. The molecule has 0 radical (unpaired) electrons. The third-order valence-corrected chi connectivity index (χ3v) is 4.21. The van der Waals surface area contributed by atoms with Crippen LogP contribution in [0.1, 0.15) is 37.6 Å². The van der Waals surface area contributed by atoms with Crippen molar-refractivity contribution in [2.45, 2.75) is 31.9 Å². The smallest absolute Gasteiger partial charge is 0.233 e. The first kappa shape index (κ1) is 14.9. The van der Waals surface area contributed by atoms with Crippen molar-refractivity contribution in [2.75, 3.05) is 46.0 Å². The van der Waals surface area contributed by atoms with Gasteiger partial charge in [-0.15, -0.1) is 0 Å². The predicted octanol–water partition coefficient (Wildman–Crippen LogP) is 0.555. The molecule has 2 fully saturated rings. The van der Waals surface area contributed by atoms with E-state index in [1.54, 1.807) is 0 Å². The van der Waals surface area contributed by atoms with Crippen LogP contribution in [-0.2, 0) is 9.47 Å². The van der Waals surface area contributed by atoms with Gasteiger partial charge in [-0.1, -0.05) is 19.0 Å². The minimum absolute atomic E-state index is 0.0869. The lowest BCUT2D eigenvalue weighted by molar-refractivity contribution is -0.0334. The van der Waals surface area contributed by atoms with Crippen molar-refractivity contribution in [1.82, 2.24) is 20.4 Å². The molecule has 1 aromatic rings. The first-order valence-electron chi connectivity index (χ1n) is 7.80. The fraction of sp³-hybridized carbons (Fsp3) is 0.857. The normalized spacial score (nSPS) is 30.9. The molecule has 1 N–H and O–H groups in total. The lowest BCUT2D eigenvalue weighted by atomic mass is 10.0. The molecule has 3 heterocycles. The third-order valence-electron chi connectivity index (χ3n) is 4.21. The van der Waals surface area contributed by atoms with E-state index in [2.05, 4.69) is 34.2 Å². The van der Waals surface area contributed by atoms with Crippen molar-refractivity contribution in [3.63, 3.8) is 0 Å². The topological polar surface area (TPSA) is 72.7 Å². The van der Waals surface area contributed by atoms with Gasteiger partial charge >= 0.3 is 0 Å². The van der Waals surface area contributed by atoms with Gasteiger partial charge in [0.2, 0.25) is 11.7 Å². The first-order chi connectivity index (χ1) is 10.3. The maximum Gasteiger partial charge on any atom is 0.233 e. The molecule has 3 atom stereocenters. The lowest BCUT2D eigenvalue weighted by Crippen LogP contribution is -2.38. The van der Waals surface area contributed by atoms with E-state index in [1.165, 1.54) is 0 Å². The van der Waals surface area contributed by atoms with E-state index in [9.17, 15) is 0 Å². The molecule has 118 valence electrons. The van der Waals surface area contributed by atoms with E-state index in [0.717, 1.165) is 32.8 Å². The van der Waals surface area contributed by atoms with Gasteiger partial charge in [0.1, 0.15) is 6.10 Å². The number of nitrogens with one attached hydrogen (secondary N) is 1. The number of ether oxygens (including phenoxy) is 2. The Morgan fingerprint density at radius 3 is 3.05 bits per heavy atom. The summed E-state index contributed by atoms with van der Waals surface area (Å²) in [7, 11) is 0. The maximum atomic E-state index is 5.77. The zero-order valence-corrected chi connectivity index (χ0v) is 12.7. The third kappa shape index (κ3) is 3.26. The van der Waals surface area contributed by atoms with Crippen LogP contribution in [-0.4, -0.2) is 67.1 Å². The zero-order valence-electron chi connectivity index (χ0n) is 12.7. The highest BCUT2D eigenvalue weighted by molar-refractivity contribution is 5.04. The summed E-state index contributed by atoms with van der Waals surface area (Å²) in [5, 5.41) is 7.53. The van der Waals surface area contributed by atoms with Crippen LogP contribution in [0, 0.1) is 0 Å². The van der Waals surface area contributed by atoms with Crippen molar-refractivity contribution < 1.29 is 14.0 Å².